The predicted octanol–water partition coefficient (Wildman–Crippen LogP) is 1.47. The first-order valence-electron chi connectivity index (χ1n) is 5.47. The second kappa shape index (κ2) is 6.12. The van der Waals surface area contributed by atoms with Gasteiger partial charge in [-0.3, -0.25) is 0 Å². The lowest BCUT2D eigenvalue weighted by atomic mass is 10.2. The summed E-state index contributed by atoms with van der Waals surface area (Å²) in [6, 6.07) is 9.71. The predicted molar refractivity (Wildman–Crippen MR) is 63.3 cm³/mol. The first kappa shape index (κ1) is 11.8. The van der Waals surface area contributed by atoms with Gasteiger partial charge in [-0.1, -0.05) is 18.2 Å². The number of methoxy groups -OCH3 is 1. The van der Waals surface area contributed by atoms with Gasteiger partial charge in [-0.2, -0.15) is 0 Å². The SMILES string of the molecule is COCCNCc1nnc(-c2ccccc2)o1. The van der Waals surface area contributed by atoms with Gasteiger partial charge in [-0.15, -0.1) is 10.2 Å². The largest absolute Gasteiger partial charge is 0.419 e. The van der Waals surface area contributed by atoms with E-state index in [0.29, 0.717) is 24.9 Å². The lowest BCUT2D eigenvalue weighted by Crippen LogP contribution is -2.18. The monoisotopic (exact) mass is 233 g/mol. The molecule has 1 aromatic carbocycles. The summed E-state index contributed by atoms with van der Waals surface area (Å²) in [5.41, 5.74) is 0.933. The quantitative estimate of drug-likeness (QED) is 0.766. The molecule has 17 heavy (non-hydrogen) atoms. The average molecular weight is 233 g/mol. The first-order chi connectivity index (χ1) is 8.40. The van der Waals surface area contributed by atoms with Crippen LogP contribution in [0.15, 0.2) is 34.7 Å². The minimum atomic E-state index is 0.550. The number of nitrogens with one attached hydrogen (secondary N) is 1. The van der Waals surface area contributed by atoms with E-state index in [2.05, 4.69) is 15.5 Å². The van der Waals surface area contributed by atoms with Crippen LogP contribution >= 0.6 is 0 Å². The van der Waals surface area contributed by atoms with Crippen LogP contribution in [0.3, 0.4) is 0 Å². The fourth-order valence-electron chi connectivity index (χ4n) is 1.39. The van der Waals surface area contributed by atoms with Crippen LogP contribution in [-0.4, -0.2) is 30.5 Å². The number of benzene rings is 1. The molecule has 0 spiro atoms. The van der Waals surface area contributed by atoms with Gasteiger partial charge in [0, 0.05) is 19.2 Å². The molecule has 0 saturated heterocycles. The molecule has 0 aliphatic heterocycles. The Morgan fingerprint density at radius 1 is 1.24 bits per heavy atom. The highest BCUT2D eigenvalue weighted by atomic mass is 16.5. The molecule has 1 heterocycles. The van der Waals surface area contributed by atoms with Crippen molar-refractivity contribution >= 4 is 0 Å². The first-order valence-corrected chi connectivity index (χ1v) is 5.47. The summed E-state index contributed by atoms with van der Waals surface area (Å²) < 4.78 is 10.4. The zero-order valence-electron chi connectivity index (χ0n) is 9.72. The van der Waals surface area contributed by atoms with E-state index < -0.39 is 0 Å². The number of rotatable bonds is 6. The van der Waals surface area contributed by atoms with Crippen LogP contribution in [0.2, 0.25) is 0 Å². The minimum Gasteiger partial charge on any atom is -0.419 e. The smallest absolute Gasteiger partial charge is 0.247 e. The Balaban J connectivity index is 1.92. The lowest BCUT2D eigenvalue weighted by molar-refractivity contribution is 0.198. The molecule has 0 amide bonds. The third-order valence-electron chi connectivity index (χ3n) is 2.25. The van der Waals surface area contributed by atoms with E-state index in [1.807, 2.05) is 30.3 Å². The number of aromatic nitrogens is 2. The van der Waals surface area contributed by atoms with E-state index in [1.54, 1.807) is 7.11 Å². The van der Waals surface area contributed by atoms with Gasteiger partial charge in [-0.05, 0) is 12.1 Å². The molecule has 2 aromatic rings. The Kier molecular flexibility index (Phi) is 4.23. The molecule has 0 fully saturated rings. The van der Waals surface area contributed by atoms with Crippen LogP contribution in [0.5, 0.6) is 0 Å². The third kappa shape index (κ3) is 3.37. The summed E-state index contributed by atoms with van der Waals surface area (Å²) in [6.07, 6.45) is 0. The standard InChI is InChI=1S/C12H15N3O2/c1-16-8-7-13-9-11-14-15-12(17-11)10-5-3-2-4-6-10/h2-6,13H,7-9H2,1H3. The summed E-state index contributed by atoms with van der Waals surface area (Å²) in [4.78, 5) is 0. The van der Waals surface area contributed by atoms with Crippen molar-refractivity contribution in [1.82, 2.24) is 15.5 Å². The topological polar surface area (TPSA) is 60.2 Å². The Bertz CT molecular complexity index is 442. The fraction of sp³-hybridized carbons (Fsp3) is 0.333. The Morgan fingerprint density at radius 2 is 2.06 bits per heavy atom. The average Bonchev–Trinajstić information content (AvgIpc) is 2.85. The second-order valence-electron chi connectivity index (χ2n) is 3.54. The maximum Gasteiger partial charge on any atom is 0.247 e. The van der Waals surface area contributed by atoms with E-state index in [-0.39, 0.29) is 0 Å². The lowest BCUT2D eigenvalue weighted by Gasteiger charge is -1.99. The molecule has 0 radical (unpaired) electrons. The second-order valence-corrected chi connectivity index (χ2v) is 3.54. The van der Waals surface area contributed by atoms with Crippen molar-refractivity contribution in [3.8, 4) is 11.5 Å². The van der Waals surface area contributed by atoms with Crippen molar-refractivity contribution in [3.63, 3.8) is 0 Å². The van der Waals surface area contributed by atoms with Crippen LogP contribution in [-0.2, 0) is 11.3 Å². The van der Waals surface area contributed by atoms with Gasteiger partial charge in [0.15, 0.2) is 0 Å². The maximum absolute atomic E-state index is 5.52. The molecule has 0 atom stereocenters. The maximum atomic E-state index is 5.52. The van der Waals surface area contributed by atoms with Crippen LogP contribution in [0.25, 0.3) is 11.5 Å². The zero-order valence-corrected chi connectivity index (χ0v) is 9.72. The van der Waals surface area contributed by atoms with Crippen LogP contribution in [0.4, 0.5) is 0 Å². The van der Waals surface area contributed by atoms with Crippen molar-refractivity contribution in [2.75, 3.05) is 20.3 Å². The number of hydrogen-bond donors (Lipinski definition) is 1. The van der Waals surface area contributed by atoms with Crippen molar-refractivity contribution in [1.29, 1.82) is 0 Å². The van der Waals surface area contributed by atoms with Crippen molar-refractivity contribution in [3.05, 3.63) is 36.2 Å². The molecule has 0 saturated carbocycles. The van der Waals surface area contributed by atoms with Crippen molar-refractivity contribution in [2.45, 2.75) is 6.54 Å². The molecule has 5 nitrogen and oxygen atoms in total. The van der Waals surface area contributed by atoms with Gasteiger partial charge in [0.05, 0.1) is 13.2 Å². The molecule has 90 valence electrons. The molecule has 0 bridgehead atoms. The number of nitrogens with zero attached hydrogens (tertiary/aromatic N) is 2. The zero-order chi connectivity index (χ0) is 11.9. The number of ether oxygens (including phenoxy) is 1. The highest BCUT2D eigenvalue weighted by molar-refractivity contribution is 5.51. The van der Waals surface area contributed by atoms with E-state index in [4.69, 9.17) is 9.15 Å². The molecular formula is C12H15N3O2. The molecule has 0 unspecified atom stereocenters. The third-order valence-corrected chi connectivity index (χ3v) is 2.25. The Labute approximate surface area is 99.8 Å². The van der Waals surface area contributed by atoms with Crippen LogP contribution in [0, 0.1) is 0 Å². The minimum absolute atomic E-state index is 0.550. The molecule has 0 aliphatic carbocycles. The van der Waals surface area contributed by atoms with E-state index in [9.17, 15) is 0 Å². The molecule has 2 rings (SSSR count). The Morgan fingerprint density at radius 3 is 2.82 bits per heavy atom. The van der Waals surface area contributed by atoms with Gasteiger partial charge >= 0.3 is 0 Å². The summed E-state index contributed by atoms with van der Waals surface area (Å²) in [5, 5.41) is 11.1. The van der Waals surface area contributed by atoms with Crippen molar-refractivity contribution in [2.24, 2.45) is 0 Å². The summed E-state index contributed by atoms with van der Waals surface area (Å²) in [7, 11) is 1.67. The van der Waals surface area contributed by atoms with Crippen molar-refractivity contribution < 1.29 is 9.15 Å². The molecular weight excluding hydrogens is 218 g/mol. The molecule has 1 N–H and O–H groups in total. The molecule has 0 aliphatic rings. The Hall–Kier alpha value is -1.72. The van der Waals surface area contributed by atoms with E-state index in [1.165, 1.54) is 0 Å². The highest BCUT2D eigenvalue weighted by Crippen LogP contribution is 2.16. The van der Waals surface area contributed by atoms with E-state index in [0.717, 1.165) is 12.1 Å². The summed E-state index contributed by atoms with van der Waals surface area (Å²) in [6.45, 7) is 1.99. The summed E-state index contributed by atoms with van der Waals surface area (Å²) in [5.74, 6) is 1.13. The highest BCUT2D eigenvalue weighted by Gasteiger charge is 2.06. The van der Waals surface area contributed by atoms with Crippen LogP contribution < -0.4 is 5.32 Å². The van der Waals surface area contributed by atoms with Gasteiger partial charge in [-0.25, -0.2) is 0 Å². The normalized spacial score (nSPS) is 10.6. The number of hydrogen-bond acceptors (Lipinski definition) is 5. The van der Waals surface area contributed by atoms with E-state index >= 15 is 0 Å². The van der Waals surface area contributed by atoms with Gasteiger partial charge in [0.1, 0.15) is 0 Å². The molecule has 5 heteroatoms. The fourth-order valence-corrected chi connectivity index (χ4v) is 1.39. The van der Waals surface area contributed by atoms with Gasteiger partial charge in [0.2, 0.25) is 11.8 Å². The molecule has 1 aromatic heterocycles. The van der Waals surface area contributed by atoms with Gasteiger partial charge in [0.25, 0.3) is 0 Å². The summed E-state index contributed by atoms with van der Waals surface area (Å²) >= 11 is 0. The van der Waals surface area contributed by atoms with Gasteiger partial charge < -0.3 is 14.5 Å². The van der Waals surface area contributed by atoms with Crippen LogP contribution in [0.1, 0.15) is 5.89 Å².